The van der Waals surface area contributed by atoms with Crippen molar-refractivity contribution >= 4 is 41.1 Å². The molecule has 0 aliphatic carbocycles. The van der Waals surface area contributed by atoms with Crippen LogP contribution in [0.5, 0.6) is 0 Å². The number of amides is 4. The zero-order chi connectivity index (χ0) is 34.0. The van der Waals surface area contributed by atoms with Crippen molar-refractivity contribution in [2.24, 2.45) is 5.41 Å². The molecule has 4 aliphatic rings. The summed E-state index contributed by atoms with van der Waals surface area (Å²) in [5, 5.41) is 2.47. The average molecular weight is 678 g/mol. The molecule has 48 heavy (non-hydrogen) atoms. The Labute approximate surface area is 292 Å². The van der Waals surface area contributed by atoms with E-state index >= 15 is 0 Å². The molecule has 2 aromatic rings. The zero-order valence-electron chi connectivity index (χ0n) is 29.4. The van der Waals surface area contributed by atoms with Crippen LogP contribution >= 0.6 is 11.8 Å². The first-order valence-electron chi connectivity index (χ1n) is 17.8. The lowest BCUT2D eigenvalue weighted by molar-refractivity contribution is -0.137. The van der Waals surface area contributed by atoms with E-state index in [9.17, 15) is 14.4 Å². The minimum atomic E-state index is -0.430. The van der Waals surface area contributed by atoms with Gasteiger partial charge in [0.15, 0.2) is 0 Å². The Morgan fingerprint density at radius 1 is 1.00 bits per heavy atom. The molecule has 3 saturated heterocycles. The second-order valence-electron chi connectivity index (χ2n) is 15.2. The molecule has 1 N–H and O–H groups in total. The summed E-state index contributed by atoms with van der Waals surface area (Å²) in [6.45, 7) is 17.4. The number of fused-ring (bicyclic) bond motifs is 1. The van der Waals surface area contributed by atoms with Crippen molar-refractivity contribution in [1.29, 1.82) is 0 Å². The van der Waals surface area contributed by atoms with Gasteiger partial charge in [-0.05, 0) is 62.6 Å². The number of hydrogen-bond donors (Lipinski definition) is 1. The number of nitrogens with zero attached hydrogens (tertiary/aromatic N) is 6. The van der Waals surface area contributed by atoms with Crippen LogP contribution in [0.2, 0.25) is 0 Å². The third-order valence-corrected chi connectivity index (χ3v) is 11.9. The van der Waals surface area contributed by atoms with Crippen LogP contribution in [0.1, 0.15) is 78.2 Å². The first kappa shape index (κ1) is 34.5. The van der Waals surface area contributed by atoms with Crippen LogP contribution in [0, 0.1) is 5.41 Å². The Kier molecular flexibility index (Phi) is 10.6. The number of thioether (sulfide) groups is 1. The zero-order valence-corrected chi connectivity index (χ0v) is 30.2. The van der Waals surface area contributed by atoms with Gasteiger partial charge in [-0.1, -0.05) is 45.0 Å². The maximum absolute atomic E-state index is 14.1. The van der Waals surface area contributed by atoms with Crippen molar-refractivity contribution in [3.05, 3.63) is 53.7 Å². The van der Waals surface area contributed by atoms with Crippen molar-refractivity contribution in [1.82, 2.24) is 24.6 Å². The molecule has 1 aromatic heterocycles. The van der Waals surface area contributed by atoms with Crippen molar-refractivity contribution < 1.29 is 15.8 Å². The van der Waals surface area contributed by atoms with Crippen molar-refractivity contribution in [3.63, 3.8) is 0 Å². The SMILES string of the molecule is CC(C)N1CCN(c2ncccc2C2S[C@@H](CC(=O)N3CCC(N4CCc5ccccc5NC4=O)CC3)C(=O)N2CCC(C)(C)C)CC1.[HH]. The summed E-state index contributed by atoms with van der Waals surface area (Å²) in [5.74, 6) is 1.04. The summed E-state index contributed by atoms with van der Waals surface area (Å²) in [5.41, 5.74) is 3.18. The summed E-state index contributed by atoms with van der Waals surface area (Å²) in [6, 6.07) is 12.6. The van der Waals surface area contributed by atoms with Crippen LogP contribution < -0.4 is 10.2 Å². The molecule has 1 unspecified atom stereocenters. The number of rotatable bonds is 8. The molecule has 10 nitrogen and oxygen atoms in total. The van der Waals surface area contributed by atoms with E-state index < -0.39 is 5.25 Å². The first-order chi connectivity index (χ1) is 23.0. The lowest BCUT2D eigenvalue weighted by atomic mass is 9.92. The molecule has 6 rings (SSSR count). The summed E-state index contributed by atoms with van der Waals surface area (Å²) >= 11 is 1.62. The number of urea groups is 1. The number of carbonyl (C=O) groups excluding carboxylic acids is 3. The van der Waals surface area contributed by atoms with Gasteiger partial charge in [0.2, 0.25) is 11.8 Å². The maximum atomic E-state index is 14.1. The quantitative estimate of drug-likeness (QED) is 0.383. The number of nitrogens with one attached hydrogen (secondary N) is 1. The van der Waals surface area contributed by atoms with E-state index in [-0.39, 0.29) is 42.5 Å². The number of para-hydroxylation sites is 1. The lowest BCUT2D eigenvalue weighted by Gasteiger charge is -2.39. The van der Waals surface area contributed by atoms with Crippen LogP contribution in [-0.4, -0.2) is 112 Å². The predicted molar refractivity (Wildman–Crippen MR) is 195 cm³/mol. The summed E-state index contributed by atoms with van der Waals surface area (Å²) in [4.78, 5) is 56.5. The largest absolute Gasteiger partial charge is 0.354 e. The number of piperazine rings is 1. The average Bonchev–Trinajstić information content (AvgIpc) is 3.27. The minimum Gasteiger partial charge on any atom is -0.354 e. The standard InChI is InChI=1S/C37H53N7O3S.H2/c1-26(2)40-21-23-42(24-22-40)33-29(10-8-16-38-33)35-44(20-15-37(3,4)5)34(46)31(48-35)25-32(45)41-17-13-28(14-18-41)43-19-12-27-9-6-7-11-30(27)39-36(43)47;/h6-11,16,26,28,31,35H,12-15,17-25H2,1-5H3,(H,39,47);1H/t31-,35?;/m0./s1. The fraction of sp³-hybridized carbons (Fsp3) is 0.622. The first-order valence-corrected chi connectivity index (χ1v) is 18.8. The van der Waals surface area contributed by atoms with E-state index in [0.29, 0.717) is 32.2 Å². The highest BCUT2D eigenvalue weighted by atomic mass is 32.2. The fourth-order valence-corrected chi connectivity index (χ4v) is 8.91. The van der Waals surface area contributed by atoms with Crippen molar-refractivity contribution in [3.8, 4) is 0 Å². The number of hydrogen-bond acceptors (Lipinski definition) is 7. The molecule has 3 fully saturated rings. The van der Waals surface area contributed by atoms with Crippen LogP contribution in [-0.2, 0) is 16.0 Å². The third kappa shape index (κ3) is 7.77. The number of benzene rings is 1. The number of likely N-dealkylation sites (tertiary alicyclic amines) is 1. The molecule has 0 saturated carbocycles. The van der Waals surface area contributed by atoms with E-state index in [1.165, 1.54) is 0 Å². The van der Waals surface area contributed by atoms with Crippen LogP contribution in [0.4, 0.5) is 16.3 Å². The smallest absolute Gasteiger partial charge is 0.322 e. The van der Waals surface area contributed by atoms with Gasteiger partial charge in [-0.2, -0.15) is 0 Å². The van der Waals surface area contributed by atoms with Gasteiger partial charge in [0.05, 0.1) is 5.25 Å². The Morgan fingerprint density at radius 3 is 2.44 bits per heavy atom. The van der Waals surface area contributed by atoms with Crippen LogP contribution in [0.15, 0.2) is 42.6 Å². The van der Waals surface area contributed by atoms with E-state index in [2.05, 4.69) is 61.9 Å². The summed E-state index contributed by atoms with van der Waals surface area (Å²) in [6.07, 6.45) is 5.22. The molecule has 4 aliphatic heterocycles. The second kappa shape index (κ2) is 14.7. The molecule has 0 bridgehead atoms. The van der Waals surface area contributed by atoms with E-state index in [0.717, 1.165) is 74.5 Å². The molecule has 1 aromatic carbocycles. The second-order valence-corrected chi connectivity index (χ2v) is 16.5. The van der Waals surface area contributed by atoms with Gasteiger partial charge in [0.1, 0.15) is 11.2 Å². The van der Waals surface area contributed by atoms with Gasteiger partial charge in [-0.15, -0.1) is 11.8 Å². The molecular weight excluding hydrogens is 623 g/mol. The Balaban J connectivity index is 0.00000468. The Bertz CT molecular complexity index is 1470. The van der Waals surface area contributed by atoms with Gasteiger partial charge in [0, 0.05) is 89.7 Å². The van der Waals surface area contributed by atoms with Gasteiger partial charge >= 0.3 is 6.03 Å². The normalized spacial score (nSPS) is 23.0. The van der Waals surface area contributed by atoms with Gasteiger partial charge in [0.25, 0.3) is 0 Å². The number of anilines is 2. The molecule has 5 heterocycles. The number of pyridine rings is 1. The molecule has 2 atom stereocenters. The van der Waals surface area contributed by atoms with Crippen molar-refractivity contribution in [2.75, 3.05) is 62.6 Å². The number of piperidine rings is 1. The highest BCUT2D eigenvalue weighted by Crippen LogP contribution is 2.47. The molecular formula is C37H55N7O3S. The number of aromatic nitrogens is 1. The van der Waals surface area contributed by atoms with E-state index in [1.54, 1.807) is 11.8 Å². The molecule has 0 radical (unpaired) electrons. The molecule has 11 heteroatoms. The third-order valence-electron chi connectivity index (χ3n) is 10.4. The monoisotopic (exact) mass is 677 g/mol. The van der Waals surface area contributed by atoms with E-state index in [1.807, 2.05) is 45.2 Å². The van der Waals surface area contributed by atoms with Crippen molar-refractivity contribution in [2.45, 2.75) is 89.4 Å². The van der Waals surface area contributed by atoms with Crippen LogP contribution in [0.3, 0.4) is 0 Å². The fourth-order valence-electron chi connectivity index (χ4n) is 7.42. The Morgan fingerprint density at radius 2 is 1.73 bits per heavy atom. The van der Waals surface area contributed by atoms with Gasteiger partial charge in [-0.25, -0.2) is 9.78 Å². The Hall–Kier alpha value is -3.31. The summed E-state index contributed by atoms with van der Waals surface area (Å²) in [7, 11) is 0. The minimum absolute atomic E-state index is 0. The molecule has 0 spiro atoms. The van der Waals surface area contributed by atoms with E-state index in [4.69, 9.17) is 4.98 Å². The highest BCUT2D eigenvalue weighted by molar-refractivity contribution is 8.01. The predicted octanol–water partition coefficient (Wildman–Crippen LogP) is 5.71. The van der Waals surface area contributed by atoms with Gasteiger partial charge < -0.3 is 24.9 Å². The highest BCUT2D eigenvalue weighted by Gasteiger charge is 2.44. The molecule has 262 valence electrons. The topological polar surface area (TPSA) is 92.3 Å². The van der Waals surface area contributed by atoms with Gasteiger partial charge in [-0.3, -0.25) is 14.5 Å². The number of carbonyl (C=O) groups is 3. The van der Waals surface area contributed by atoms with Crippen LogP contribution in [0.25, 0.3) is 0 Å². The summed E-state index contributed by atoms with van der Waals surface area (Å²) < 4.78 is 0. The maximum Gasteiger partial charge on any atom is 0.322 e. The molecule has 4 amide bonds. The lowest BCUT2D eigenvalue weighted by Crippen LogP contribution is -2.50.